The molecule has 0 bridgehead atoms. The van der Waals surface area contributed by atoms with Crippen LogP contribution in [0.1, 0.15) is 23.0 Å². The molecule has 1 aromatic heterocycles. The second kappa shape index (κ2) is 5.99. The number of nitrogens with zero attached hydrogens (tertiary/aromatic N) is 3. The highest BCUT2D eigenvalue weighted by Gasteiger charge is 2.19. The predicted molar refractivity (Wildman–Crippen MR) is 84.1 cm³/mol. The number of fused-ring (bicyclic) bond motifs is 1. The molecule has 1 amide bonds. The van der Waals surface area contributed by atoms with Crippen LogP contribution in [0.15, 0.2) is 29.4 Å². The van der Waals surface area contributed by atoms with Gasteiger partial charge in [-0.1, -0.05) is 6.92 Å². The summed E-state index contributed by atoms with van der Waals surface area (Å²) in [5.74, 6) is 0.570. The van der Waals surface area contributed by atoms with E-state index in [-0.39, 0.29) is 5.96 Å². The summed E-state index contributed by atoms with van der Waals surface area (Å²) in [6, 6.07) is 5.51. The normalized spacial score (nSPS) is 12.7. The molecule has 1 aromatic carbocycles. The van der Waals surface area contributed by atoms with Gasteiger partial charge in [-0.25, -0.2) is 4.68 Å². The predicted octanol–water partition coefficient (Wildman–Crippen LogP) is 0.619. The van der Waals surface area contributed by atoms with Crippen molar-refractivity contribution in [3.05, 3.63) is 35.7 Å². The first-order valence-electron chi connectivity index (χ1n) is 7.21. The summed E-state index contributed by atoms with van der Waals surface area (Å²) in [4.78, 5) is 15.6. The highest BCUT2D eigenvalue weighted by Crippen LogP contribution is 2.32. The standard InChI is InChI=1S/C15H17N5O3/c1-2-11-10(14(21)19-15(16)17)8-18-20(11)9-3-4-12-13(7-9)23-6-5-22-12/h3-4,7-8H,2,5-6H2,1H3,(H4,16,17,19,21). The molecule has 1 aliphatic heterocycles. The highest BCUT2D eigenvalue weighted by atomic mass is 16.6. The van der Waals surface area contributed by atoms with E-state index in [2.05, 4.69) is 10.1 Å². The van der Waals surface area contributed by atoms with Crippen LogP contribution in [0, 0.1) is 0 Å². The Kier molecular flexibility index (Phi) is 3.88. The molecule has 0 saturated carbocycles. The van der Waals surface area contributed by atoms with E-state index in [0.717, 1.165) is 11.4 Å². The lowest BCUT2D eigenvalue weighted by Gasteiger charge is -2.19. The maximum atomic E-state index is 12.1. The Morgan fingerprint density at radius 2 is 2.04 bits per heavy atom. The minimum atomic E-state index is -0.509. The van der Waals surface area contributed by atoms with Crippen LogP contribution < -0.4 is 20.9 Å². The van der Waals surface area contributed by atoms with Crippen LogP contribution in [-0.4, -0.2) is 34.9 Å². The van der Waals surface area contributed by atoms with Crippen molar-refractivity contribution < 1.29 is 14.3 Å². The summed E-state index contributed by atoms with van der Waals surface area (Å²) in [5.41, 5.74) is 12.4. The number of carbonyl (C=O) groups excluding carboxylic acids is 1. The number of rotatable bonds is 3. The van der Waals surface area contributed by atoms with Gasteiger partial charge in [0.2, 0.25) is 0 Å². The third-order valence-corrected chi connectivity index (χ3v) is 3.44. The molecule has 120 valence electrons. The van der Waals surface area contributed by atoms with Crippen molar-refractivity contribution in [3.63, 3.8) is 0 Å². The second-order valence-electron chi connectivity index (χ2n) is 4.94. The van der Waals surface area contributed by atoms with Crippen molar-refractivity contribution in [1.29, 1.82) is 0 Å². The number of nitrogens with two attached hydrogens (primary N) is 2. The lowest BCUT2D eigenvalue weighted by Crippen LogP contribution is -2.24. The van der Waals surface area contributed by atoms with E-state index in [1.807, 2.05) is 25.1 Å². The monoisotopic (exact) mass is 315 g/mol. The molecule has 3 rings (SSSR count). The molecule has 1 aliphatic rings. The third-order valence-electron chi connectivity index (χ3n) is 3.44. The van der Waals surface area contributed by atoms with Gasteiger partial charge < -0.3 is 20.9 Å². The van der Waals surface area contributed by atoms with Crippen LogP contribution in [-0.2, 0) is 6.42 Å². The van der Waals surface area contributed by atoms with E-state index in [1.165, 1.54) is 6.20 Å². The van der Waals surface area contributed by atoms with Gasteiger partial charge in [-0.2, -0.15) is 10.1 Å². The molecular formula is C15H17N5O3. The molecule has 0 saturated heterocycles. The Morgan fingerprint density at radius 1 is 1.30 bits per heavy atom. The fraction of sp³-hybridized carbons (Fsp3) is 0.267. The van der Waals surface area contributed by atoms with Gasteiger partial charge in [0.1, 0.15) is 13.2 Å². The van der Waals surface area contributed by atoms with E-state index in [9.17, 15) is 4.79 Å². The van der Waals surface area contributed by atoms with E-state index >= 15 is 0 Å². The number of amides is 1. The van der Waals surface area contributed by atoms with Crippen LogP contribution in [0.3, 0.4) is 0 Å². The molecule has 2 aromatic rings. The first-order valence-corrected chi connectivity index (χ1v) is 7.21. The molecule has 2 heterocycles. The van der Waals surface area contributed by atoms with Gasteiger partial charge in [0.25, 0.3) is 5.91 Å². The van der Waals surface area contributed by atoms with E-state index in [1.54, 1.807) is 4.68 Å². The maximum absolute atomic E-state index is 12.1. The summed E-state index contributed by atoms with van der Waals surface area (Å²) in [6.07, 6.45) is 2.06. The number of carbonyl (C=O) groups is 1. The third kappa shape index (κ3) is 2.83. The molecule has 8 nitrogen and oxygen atoms in total. The fourth-order valence-electron chi connectivity index (χ4n) is 2.46. The van der Waals surface area contributed by atoms with E-state index < -0.39 is 5.91 Å². The molecule has 4 N–H and O–H groups in total. The number of aliphatic imine (C=N–C) groups is 1. The minimum Gasteiger partial charge on any atom is -0.486 e. The zero-order valence-electron chi connectivity index (χ0n) is 12.7. The highest BCUT2D eigenvalue weighted by molar-refractivity contribution is 6.02. The van der Waals surface area contributed by atoms with Gasteiger partial charge in [-0.15, -0.1) is 0 Å². The zero-order valence-corrected chi connectivity index (χ0v) is 12.7. The van der Waals surface area contributed by atoms with Crippen molar-refractivity contribution in [1.82, 2.24) is 9.78 Å². The quantitative estimate of drug-likeness (QED) is 0.633. The average Bonchev–Trinajstić information content (AvgIpc) is 2.97. The van der Waals surface area contributed by atoms with Gasteiger partial charge in [0.15, 0.2) is 17.5 Å². The van der Waals surface area contributed by atoms with Crippen molar-refractivity contribution in [3.8, 4) is 17.2 Å². The number of hydrogen-bond acceptors (Lipinski definition) is 4. The van der Waals surface area contributed by atoms with Crippen molar-refractivity contribution in [2.75, 3.05) is 13.2 Å². The number of aromatic nitrogens is 2. The maximum Gasteiger partial charge on any atom is 0.283 e. The molecule has 0 unspecified atom stereocenters. The number of ether oxygens (including phenoxy) is 2. The Morgan fingerprint density at radius 3 is 2.74 bits per heavy atom. The van der Waals surface area contributed by atoms with Gasteiger partial charge in [0.05, 0.1) is 23.1 Å². The lowest BCUT2D eigenvalue weighted by atomic mass is 10.2. The molecule has 8 heteroatoms. The van der Waals surface area contributed by atoms with Crippen molar-refractivity contribution >= 4 is 11.9 Å². The summed E-state index contributed by atoms with van der Waals surface area (Å²) >= 11 is 0. The molecule has 0 spiro atoms. The minimum absolute atomic E-state index is 0.274. The fourth-order valence-corrected chi connectivity index (χ4v) is 2.46. The molecule has 23 heavy (non-hydrogen) atoms. The lowest BCUT2D eigenvalue weighted by molar-refractivity contribution is 0.100. The molecule has 0 radical (unpaired) electrons. The van der Waals surface area contributed by atoms with Crippen molar-refractivity contribution in [2.24, 2.45) is 16.5 Å². The van der Waals surface area contributed by atoms with Gasteiger partial charge >= 0.3 is 0 Å². The van der Waals surface area contributed by atoms with Crippen LogP contribution in [0.5, 0.6) is 11.5 Å². The number of guanidine groups is 1. The Labute approximate surface area is 132 Å². The first-order chi connectivity index (χ1) is 11.1. The Balaban J connectivity index is 2.02. The van der Waals surface area contributed by atoms with Crippen LogP contribution >= 0.6 is 0 Å². The Bertz CT molecular complexity index is 777. The van der Waals surface area contributed by atoms with E-state index in [0.29, 0.717) is 36.7 Å². The van der Waals surface area contributed by atoms with Gasteiger partial charge in [-0.3, -0.25) is 4.79 Å². The SMILES string of the molecule is CCc1c(C(=O)N=C(N)N)cnn1-c1ccc2c(c1)OCCO2. The summed E-state index contributed by atoms with van der Waals surface area (Å²) in [5, 5.41) is 4.28. The second-order valence-corrected chi connectivity index (χ2v) is 4.94. The van der Waals surface area contributed by atoms with E-state index in [4.69, 9.17) is 20.9 Å². The van der Waals surface area contributed by atoms with Crippen LogP contribution in [0.2, 0.25) is 0 Å². The molecular weight excluding hydrogens is 298 g/mol. The molecule has 0 atom stereocenters. The zero-order chi connectivity index (χ0) is 16.4. The summed E-state index contributed by atoms with van der Waals surface area (Å²) < 4.78 is 12.8. The van der Waals surface area contributed by atoms with Crippen molar-refractivity contribution in [2.45, 2.75) is 13.3 Å². The first kappa shape index (κ1) is 14.9. The summed E-state index contributed by atoms with van der Waals surface area (Å²) in [6.45, 7) is 2.97. The topological polar surface area (TPSA) is 118 Å². The average molecular weight is 315 g/mol. The smallest absolute Gasteiger partial charge is 0.283 e. The number of hydrogen-bond donors (Lipinski definition) is 2. The molecule has 0 aliphatic carbocycles. The van der Waals surface area contributed by atoms with Gasteiger partial charge in [-0.05, 0) is 18.6 Å². The van der Waals surface area contributed by atoms with Crippen LogP contribution in [0.4, 0.5) is 0 Å². The molecule has 0 fully saturated rings. The van der Waals surface area contributed by atoms with Crippen LogP contribution in [0.25, 0.3) is 5.69 Å². The Hall–Kier alpha value is -3.03. The van der Waals surface area contributed by atoms with Gasteiger partial charge in [0, 0.05) is 6.07 Å². The largest absolute Gasteiger partial charge is 0.486 e. The number of benzene rings is 1. The summed E-state index contributed by atoms with van der Waals surface area (Å²) in [7, 11) is 0.